The van der Waals surface area contributed by atoms with Gasteiger partial charge in [-0.1, -0.05) is 29.3 Å². The Morgan fingerprint density at radius 2 is 1.71 bits per heavy atom. The second kappa shape index (κ2) is 7.33. The standard InChI is InChI=1S/C20H16Cl2F3N3/c21-16-9-4-12(11-17(16)22)18-15-3-1-2-10-26-19(15)28(27-18)14-7-5-13(6-8-14)20(23,24)25/h4-9,11,26H,1-3,10H2. The zero-order valence-electron chi connectivity index (χ0n) is 14.7. The molecule has 4 rings (SSSR count). The molecule has 2 heterocycles. The van der Waals surface area contributed by atoms with Crippen LogP contribution < -0.4 is 5.32 Å². The third-order valence-corrected chi connectivity index (χ3v) is 5.50. The van der Waals surface area contributed by atoms with Crippen molar-refractivity contribution in [3.05, 3.63) is 63.6 Å². The van der Waals surface area contributed by atoms with E-state index in [2.05, 4.69) is 5.32 Å². The Hall–Kier alpha value is -2.18. The van der Waals surface area contributed by atoms with Gasteiger partial charge in [-0.25, -0.2) is 4.68 Å². The summed E-state index contributed by atoms with van der Waals surface area (Å²) in [5.74, 6) is 0.804. The summed E-state index contributed by atoms with van der Waals surface area (Å²) in [5, 5.41) is 8.96. The number of hydrogen-bond donors (Lipinski definition) is 1. The van der Waals surface area contributed by atoms with Gasteiger partial charge in [0.05, 0.1) is 27.0 Å². The molecule has 2 aromatic carbocycles. The Morgan fingerprint density at radius 1 is 0.964 bits per heavy atom. The maximum Gasteiger partial charge on any atom is 0.416 e. The van der Waals surface area contributed by atoms with Crippen LogP contribution >= 0.6 is 23.2 Å². The van der Waals surface area contributed by atoms with Gasteiger partial charge in [-0.15, -0.1) is 0 Å². The van der Waals surface area contributed by atoms with Crippen LogP contribution in [0.2, 0.25) is 10.0 Å². The smallest absolute Gasteiger partial charge is 0.370 e. The highest BCUT2D eigenvalue weighted by atomic mass is 35.5. The quantitative estimate of drug-likeness (QED) is 0.500. The lowest BCUT2D eigenvalue weighted by Crippen LogP contribution is -2.08. The molecule has 1 aromatic heterocycles. The van der Waals surface area contributed by atoms with E-state index in [4.69, 9.17) is 28.3 Å². The zero-order chi connectivity index (χ0) is 19.9. The van der Waals surface area contributed by atoms with E-state index in [9.17, 15) is 13.2 Å². The Morgan fingerprint density at radius 3 is 2.39 bits per heavy atom. The molecule has 3 aromatic rings. The molecule has 28 heavy (non-hydrogen) atoms. The lowest BCUT2D eigenvalue weighted by atomic mass is 10.0. The van der Waals surface area contributed by atoms with Gasteiger partial charge < -0.3 is 5.32 Å². The summed E-state index contributed by atoms with van der Waals surface area (Å²) in [6, 6.07) is 10.3. The lowest BCUT2D eigenvalue weighted by molar-refractivity contribution is -0.137. The number of aromatic nitrogens is 2. The van der Waals surface area contributed by atoms with Crippen molar-refractivity contribution >= 4 is 29.0 Å². The summed E-state index contributed by atoms with van der Waals surface area (Å²) in [5.41, 5.74) is 2.47. The molecule has 0 amide bonds. The SMILES string of the molecule is FC(F)(F)c1ccc(-n2nc(-c3ccc(Cl)c(Cl)c3)c3c2NCCCC3)cc1. The first-order valence-electron chi connectivity index (χ1n) is 8.83. The largest absolute Gasteiger partial charge is 0.416 e. The molecule has 146 valence electrons. The van der Waals surface area contributed by atoms with E-state index in [-0.39, 0.29) is 0 Å². The van der Waals surface area contributed by atoms with Crippen molar-refractivity contribution in [3.8, 4) is 16.9 Å². The minimum atomic E-state index is -4.37. The molecule has 0 aliphatic carbocycles. The normalized spacial score (nSPS) is 14.3. The second-order valence-corrected chi connectivity index (χ2v) is 7.46. The minimum Gasteiger partial charge on any atom is -0.370 e. The van der Waals surface area contributed by atoms with Crippen LogP contribution in [0.4, 0.5) is 19.0 Å². The molecule has 0 bridgehead atoms. The number of anilines is 1. The first-order valence-corrected chi connectivity index (χ1v) is 9.59. The summed E-state index contributed by atoms with van der Waals surface area (Å²) in [6.45, 7) is 0.778. The average molecular weight is 426 g/mol. The van der Waals surface area contributed by atoms with Gasteiger partial charge in [0.15, 0.2) is 0 Å². The molecular formula is C20H16Cl2F3N3. The van der Waals surface area contributed by atoms with Gasteiger partial charge in [0.1, 0.15) is 5.82 Å². The Kier molecular flexibility index (Phi) is 5.02. The maximum absolute atomic E-state index is 12.9. The van der Waals surface area contributed by atoms with Crippen LogP contribution in [0, 0.1) is 0 Å². The van der Waals surface area contributed by atoms with Gasteiger partial charge in [-0.3, -0.25) is 0 Å². The Bertz CT molecular complexity index is 1010. The van der Waals surface area contributed by atoms with E-state index < -0.39 is 11.7 Å². The number of hydrogen-bond acceptors (Lipinski definition) is 2. The van der Waals surface area contributed by atoms with Crippen molar-refractivity contribution in [1.29, 1.82) is 0 Å². The number of halogens is 5. The number of nitrogens with zero attached hydrogens (tertiary/aromatic N) is 2. The number of alkyl halides is 3. The van der Waals surface area contributed by atoms with Gasteiger partial charge in [0.2, 0.25) is 0 Å². The van der Waals surface area contributed by atoms with Crippen LogP contribution in [0.3, 0.4) is 0 Å². The fraction of sp³-hybridized carbons (Fsp3) is 0.250. The first kappa shape index (κ1) is 19.2. The van der Waals surface area contributed by atoms with Crippen LogP contribution in [0.15, 0.2) is 42.5 Å². The van der Waals surface area contributed by atoms with Crippen LogP contribution in [0.5, 0.6) is 0 Å². The fourth-order valence-corrected chi connectivity index (χ4v) is 3.65. The average Bonchev–Trinajstić information content (AvgIpc) is 2.84. The van der Waals surface area contributed by atoms with Crippen molar-refractivity contribution in [1.82, 2.24) is 9.78 Å². The molecule has 0 radical (unpaired) electrons. The first-order chi connectivity index (χ1) is 13.3. The van der Waals surface area contributed by atoms with E-state index >= 15 is 0 Å². The molecule has 0 saturated heterocycles. The Labute approximate surface area is 170 Å². The number of rotatable bonds is 2. The highest BCUT2D eigenvalue weighted by Crippen LogP contribution is 2.37. The molecule has 1 aliphatic rings. The molecule has 3 nitrogen and oxygen atoms in total. The highest BCUT2D eigenvalue weighted by Gasteiger charge is 2.30. The molecule has 8 heteroatoms. The van der Waals surface area contributed by atoms with E-state index in [1.807, 2.05) is 6.07 Å². The van der Waals surface area contributed by atoms with E-state index in [0.717, 1.165) is 60.6 Å². The third-order valence-electron chi connectivity index (χ3n) is 4.76. The number of nitrogens with one attached hydrogen (secondary N) is 1. The summed E-state index contributed by atoms with van der Waals surface area (Å²) < 4.78 is 40.3. The number of fused-ring (bicyclic) bond motifs is 1. The van der Waals surface area contributed by atoms with Gasteiger partial charge in [0, 0.05) is 17.7 Å². The highest BCUT2D eigenvalue weighted by molar-refractivity contribution is 6.42. The topological polar surface area (TPSA) is 29.9 Å². The van der Waals surface area contributed by atoms with Crippen molar-refractivity contribution in [2.24, 2.45) is 0 Å². The molecule has 0 atom stereocenters. The predicted molar refractivity (Wildman–Crippen MR) is 105 cm³/mol. The zero-order valence-corrected chi connectivity index (χ0v) is 16.2. The van der Waals surface area contributed by atoms with Crippen molar-refractivity contribution in [2.45, 2.75) is 25.4 Å². The van der Waals surface area contributed by atoms with E-state index in [1.165, 1.54) is 12.1 Å². The molecular weight excluding hydrogens is 410 g/mol. The van der Waals surface area contributed by atoms with Crippen LogP contribution in [0.1, 0.15) is 24.0 Å². The monoisotopic (exact) mass is 425 g/mol. The fourth-order valence-electron chi connectivity index (χ4n) is 3.36. The van der Waals surface area contributed by atoms with E-state index in [0.29, 0.717) is 15.7 Å². The molecule has 1 N–H and O–H groups in total. The van der Waals surface area contributed by atoms with Crippen molar-refractivity contribution in [3.63, 3.8) is 0 Å². The lowest BCUT2D eigenvalue weighted by Gasteiger charge is -2.11. The maximum atomic E-state index is 12.9. The summed E-state index contributed by atoms with van der Waals surface area (Å²) in [6.07, 6.45) is -1.56. The Balaban J connectivity index is 1.84. The van der Waals surface area contributed by atoms with Crippen LogP contribution in [0.25, 0.3) is 16.9 Å². The minimum absolute atomic E-state index is 0.429. The van der Waals surface area contributed by atoms with E-state index in [1.54, 1.807) is 16.8 Å². The molecule has 0 saturated carbocycles. The predicted octanol–water partition coefficient (Wildman–Crippen LogP) is 6.61. The summed E-state index contributed by atoms with van der Waals surface area (Å²) >= 11 is 12.2. The number of benzene rings is 2. The molecule has 0 unspecified atom stereocenters. The van der Waals surface area contributed by atoms with Crippen molar-refractivity contribution < 1.29 is 13.2 Å². The summed E-state index contributed by atoms with van der Waals surface area (Å²) in [4.78, 5) is 0. The third kappa shape index (κ3) is 3.59. The van der Waals surface area contributed by atoms with Gasteiger partial charge >= 0.3 is 6.18 Å². The van der Waals surface area contributed by atoms with Crippen LogP contribution in [-0.4, -0.2) is 16.3 Å². The molecule has 1 aliphatic heterocycles. The second-order valence-electron chi connectivity index (χ2n) is 6.64. The van der Waals surface area contributed by atoms with Gasteiger partial charge in [-0.2, -0.15) is 18.3 Å². The van der Waals surface area contributed by atoms with Crippen molar-refractivity contribution in [2.75, 3.05) is 11.9 Å². The van der Waals surface area contributed by atoms with Gasteiger partial charge in [0.25, 0.3) is 0 Å². The van der Waals surface area contributed by atoms with Gasteiger partial charge in [-0.05, 0) is 55.7 Å². The van der Waals surface area contributed by atoms with Crippen LogP contribution in [-0.2, 0) is 12.6 Å². The molecule has 0 spiro atoms. The molecule has 0 fully saturated rings. The summed E-state index contributed by atoms with van der Waals surface area (Å²) in [7, 11) is 0.